The molecule has 2 rings (SSSR count). The topological polar surface area (TPSA) is 17.8 Å². The fourth-order valence-electron chi connectivity index (χ4n) is 2.03. The molecular weight excluding hydrogens is 208 g/mol. The number of imidazole rings is 1. The number of benzene rings is 1. The second kappa shape index (κ2) is 5.17. The standard InChI is InChI=1S/C15H20N2/c1-4-13-5-7-14(8-6-13)11-17-10-9-16-15(17)12(2)3/h5-10,12H,4,11H2,1-3H3. The van der Waals surface area contributed by atoms with Crippen molar-refractivity contribution in [1.82, 2.24) is 9.55 Å². The van der Waals surface area contributed by atoms with E-state index in [0.717, 1.165) is 18.8 Å². The predicted molar refractivity (Wildman–Crippen MR) is 71.2 cm³/mol. The fraction of sp³-hybridized carbons (Fsp3) is 0.400. The van der Waals surface area contributed by atoms with Gasteiger partial charge in [-0.3, -0.25) is 0 Å². The van der Waals surface area contributed by atoms with Crippen LogP contribution in [0.3, 0.4) is 0 Å². The third-order valence-electron chi connectivity index (χ3n) is 3.05. The molecule has 2 aromatic rings. The minimum Gasteiger partial charge on any atom is -0.330 e. The van der Waals surface area contributed by atoms with Crippen molar-refractivity contribution < 1.29 is 0 Å². The molecule has 0 radical (unpaired) electrons. The summed E-state index contributed by atoms with van der Waals surface area (Å²) in [4.78, 5) is 4.41. The molecule has 0 aliphatic carbocycles. The first kappa shape index (κ1) is 11.9. The Morgan fingerprint density at radius 1 is 1.12 bits per heavy atom. The average molecular weight is 228 g/mol. The minimum absolute atomic E-state index is 0.472. The highest BCUT2D eigenvalue weighted by atomic mass is 15.1. The van der Waals surface area contributed by atoms with Gasteiger partial charge in [0, 0.05) is 24.9 Å². The van der Waals surface area contributed by atoms with E-state index < -0.39 is 0 Å². The van der Waals surface area contributed by atoms with Gasteiger partial charge in [0.15, 0.2) is 0 Å². The van der Waals surface area contributed by atoms with Gasteiger partial charge < -0.3 is 4.57 Å². The average Bonchev–Trinajstić information content (AvgIpc) is 2.78. The molecular formula is C15H20N2. The van der Waals surface area contributed by atoms with Gasteiger partial charge >= 0.3 is 0 Å². The summed E-state index contributed by atoms with van der Waals surface area (Å²) in [7, 11) is 0. The van der Waals surface area contributed by atoms with Crippen LogP contribution in [0.5, 0.6) is 0 Å². The van der Waals surface area contributed by atoms with Gasteiger partial charge in [-0.2, -0.15) is 0 Å². The Labute approximate surface area is 103 Å². The van der Waals surface area contributed by atoms with Crippen LogP contribution < -0.4 is 0 Å². The summed E-state index contributed by atoms with van der Waals surface area (Å²) in [5.41, 5.74) is 2.73. The lowest BCUT2D eigenvalue weighted by Gasteiger charge is -2.10. The van der Waals surface area contributed by atoms with E-state index in [-0.39, 0.29) is 0 Å². The van der Waals surface area contributed by atoms with Crippen molar-refractivity contribution in [2.45, 2.75) is 39.7 Å². The Balaban J connectivity index is 2.16. The molecule has 17 heavy (non-hydrogen) atoms. The largest absolute Gasteiger partial charge is 0.330 e. The molecule has 2 heteroatoms. The van der Waals surface area contributed by atoms with Gasteiger partial charge in [-0.1, -0.05) is 45.0 Å². The number of hydrogen-bond donors (Lipinski definition) is 0. The summed E-state index contributed by atoms with van der Waals surface area (Å²) in [6.07, 6.45) is 5.04. The van der Waals surface area contributed by atoms with Crippen molar-refractivity contribution in [1.29, 1.82) is 0 Å². The van der Waals surface area contributed by atoms with E-state index in [1.54, 1.807) is 0 Å². The molecule has 0 aliphatic rings. The van der Waals surface area contributed by atoms with Crippen LogP contribution in [0.25, 0.3) is 0 Å². The number of rotatable bonds is 4. The Bertz CT molecular complexity index is 466. The highest BCUT2D eigenvalue weighted by molar-refractivity contribution is 5.23. The first-order chi connectivity index (χ1) is 8.20. The molecule has 0 bridgehead atoms. The number of aromatic nitrogens is 2. The molecule has 0 fully saturated rings. The zero-order valence-electron chi connectivity index (χ0n) is 10.9. The summed E-state index contributed by atoms with van der Waals surface area (Å²) >= 11 is 0. The van der Waals surface area contributed by atoms with Crippen molar-refractivity contribution in [3.63, 3.8) is 0 Å². The second-order valence-electron chi connectivity index (χ2n) is 4.74. The zero-order valence-corrected chi connectivity index (χ0v) is 10.9. The van der Waals surface area contributed by atoms with Crippen molar-refractivity contribution in [3.8, 4) is 0 Å². The van der Waals surface area contributed by atoms with Crippen LogP contribution >= 0.6 is 0 Å². The molecule has 0 N–H and O–H groups in total. The SMILES string of the molecule is CCc1ccc(Cn2ccnc2C(C)C)cc1. The molecule has 0 amide bonds. The van der Waals surface area contributed by atoms with Crippen LogP contribution in [-0.4, -0.2) is 9.55 Å². The van der Waals surface area contributed by atoms with E-state index in [0.29, 0.717) is 5.92 Å². The third-order valence-corrected chi connectivity index (χ3v) is 3.05. The zero-order chi connectivity index (χ0) is 12.3. The summed E-state index contributed by atoms with van der Waals surface area (Å²) in [5, 5.41) is 0. The lowest BCUT2D eigenvalue weighted by atomic mass is 10.1. The van der Waals surface area contributed by atoms with Crippen LogP contribution in [-0.2, 0) is 13.0 Å². The van der Waals surface area contributed by atoms with Crippen molar-refractivity contribution >= 4 is 0 Å². The smallest absolute Gasteiger partial charge is 0.111 e. The van der Waals surface area contributed by atoms with Crippen LogP contribution in [0.1, 0.15) is 43.6 Å². The number of aryl methyl sites for hydroxylation is 1. The molecule has 0 saturated carbocycles. The summed E-state index contributed by atoms with van der Waals surface area (Å²) in [6, 6.07) is 8.84. The van der Waals surface area contributed by atoms with Gasteiger partial charge in [-0.05, 0) is 17.5 Å². The van der Waals surface area contributed by atoms with Crippen molar-refractivity contribution in [3.05, 3.63) is 53.6 Å². The van der Waals surface area contributed by atoms with Crippen molar-refractivity contribution in [2.24, 2.45) is 0 Å². The molecule has 1 heterocycles. The van der Waals surface area contributed by atoms with Crippen LogP contribution in [0.4, 0.5) is 0 Å². The molecule has 0 aliphatic heterocycles. The van der Waals surface area contributed by atoms with Crippen molar-refractivity contribution in [2.75, 3.05) is 0 Å². The maximum absolute atomic E-state index is 4.41. The maximum Gasteiger partial charge on any atom is 0.111 e. The highest BCUT2D eigenvalue weighted by Crippen LogP contribution is 2.14. The molecule has 0 unspecified atom stereocenters. The van der Waals surface area contributed by atoms with Gasteiger partial charge in [-0.15, -0.1) is 0 Å². The minimum atomic E-state index is 0.472. The summed E-state index contributed by atoms with van der Waals surface area (Å²) in [6.45, 7) is 7.46. The van der Waals surface area contributed by atoms with Gasteiger partial charge in [0.05, 0.1) is 0 Å². The Hall–Kier alpha value is -1.57. The van der Waals surface area contributed by atoms with E-state index >= 15 is 0 Å². The van der Waals surface area contributed by atoms with E-state index in [1.165, 1.54) is 11.1 Å². The molecule has 1 aromatic carbocycles. The normalized spacial score (nSPS) is 11.1. The van der Waals surface area contributed by atoms with Crippen LogP contribution in [0, 0.1) is 0 Å². The van der Waals surface area contributed by atoms with E-state index in [2.05, 4.69) is 60.8 Å². The van der Waals surface area contributed by atoms with E-state index in [1.807, 2.05) is 6.20 Å². The maximum atomic E-state index is 4.41. The fourth-order valence-corrected chi connectivity index (χ4v) is 2.03. The molecule has 0 saturated heterocycles. The lowest BCUT2D eigenvalue weighted by Crippen LogP contribution is -2.05. The molecule has 1 aromatic heterocycles. The van der Waals surface area contributed by atoms with Crippen LogP contribution in [0.2, 0.25) is 0 Å². The third kappa shape index (κ3) is 2.76. The molecule has 2 nitrogen and oxygen atoms in total. The summed E-state index contributed by atoms with van der Waals surface area (Å²) < 4.78 is 2.23. The quantitative estimate of drug-likeness (QED) is 0.781. The first-order valence-corrected chi connectivity index (χ1v) is 6.29. The monoisotopic (exact) mass is 228 g/mol. The van der Waals surface area contributed by atoms with E-state index in [9.17, 15) is 0 Å². The summed E-state index contributed by atoms with van der Waals surface area (Å²) in [5.74, 6) is 1.63. The van der Waals surface area contributed by atoms with Gasteiger partial charge in [0.1, 0.15) is 5.82 Å². The van der Waals surface area contributed by atoms with E-state index in [4.69, 9.17) is 0 Å². The lowest BCUT2D eigenvalue weighted by molar-refractivity contribution is 0.669. The Kier molecular flexibility index (Phi) is 3.62. The number of hydrogen-bond acceptors (Lipinski definition) is 1. The number of nitrogens with zero attached hydrogens (tertiary/aromatic N) is 2. The van der Waals surface area contributed by atoms with Crippen LogP contribution in [0.15, 0.2) is 36.7 Å². The molecule has 0 spiro atoms. The Morgan fingerprint density at radius 3 is 2.35 bits per heavy atom. The second-order valence-corrected chi connectivity index (χ2v) is 4.74. The Morgan fingerprint density at radius 2 is 1.76 bits per heavy atom. The highest BCUT2D eigenvalue weighted by Gasteiger charge is 2.07. The van der Waals surface area contributed by atoms with Gasteiger partial charge in [0.25, 0.3) is 0 Å². The molecule has 0 atom stereocenters. The predicted octanol–water partition coefficient (Wildman–Crippen LogP) is 3.62. The first-order valence-electron chi connectivity index (χ1n) is 6.29. The van der Waals surface area contributed by atoms with Gasteiger partial charge in [0.2, 0.25) is 0 Å². The molecule has 90 valence electrons. The van der Waals surface area contributed by atoms with Gasteiger partial charge in [-0.25, -0.2) is 4.98 Å².